The summed E-state index contributed by atoms with van der Waals surface area (Å²) in [5.41, 5.74) is 4.22. The van der Waals surface area contributed by atoms with Crippen LogP contribution in [0, 0.1) is 0 Å². The summed E-state index contributed by atoms with van der Waals surface area (Å²) in [6.07, 6.45) is 2.61. The first-order valence-corrected chi connectivity index (χ1v) is 7.29. The molecule has 0 bridgehead atoms. The molecule has 0 aliphatic heterocycles. The third-order valence-electron chi connectivity index (χ3n) is 3.44. The van der Waals surface area contributed by atoms with E-state index in [0.29, 0.717) is 0 Å². The number of likely N-dealkylation sites (N-methyl/N-ethyl adjacent to an activating group) is 1. The van der Waals surface area contributed by atoms with Crippen molar-refractivity contribution >= 4 is 27.0 Å². The summed E-state index contributed by atoms with van der Waals surface area (Å²) in [6, 6.07) is 6.20. The lowest BCUT2D eigenvalue weighted by Crippen LogP contribution is -2.13. The van der Waals surface area contributed by atoms with Gasteiger partial charge in [-0.2, -0.15) is 0 Å². The van der Waals surface area contributed by atoms with Crippen molar-refractivity contribution in [2.24, 2.45) is 7.05 Å². The average molecular weight is 334 g/mol. The molecular weight excluding hydrogens is 318 g/mol. The number of nitrogens with zero attached hydrogens (tertiary/aromatic N) is 3. The number of nitrogens with one attached hydrogen (secondary N) is 2. The van der Waals surface area contributed by atoms with E-state index < -0.39 is 0 Å². The van der Waals surface area contributed by atoms with E-state index >= 15 is 0 Å². The second kappa shape index (κ2) is 5.38. The monoisotopic (exact) mass is 333 g/mol. The summed E-state index contributed by atoms with van der Waals surface area (Å²) in [6.45, 7) is 0.913. The van der Waals surface area contributed by atoms with Crippen LogP contribution in [0.5, 0.6) is 0 Å². The number of hydrogen-bond donors (Lipinski definition) is 2. The quantitative estimate of drug-likeness (QED) is 0.771. The Morgan fingerprint density at radius 2 is 2.25 bits per heavy atom. The Morgan fingerprint density at radius 1 is 1.40 bits per heavy atom. The molecule has 0 amide bonds. The van der Waals surface area contributed by atoms with Crippen molar-refractivity contribution in [3.63, 3.8) is 0 Å². The Hall–Kier alpha value is -1.66. The Bertz CT molecular complexity index is 743. The number of imidazole rings is 2. The van der Waals surface area contributed by atoms with Gasteiger partial charge in [0.1, 0.15) is 10.4 Å². The maximum Gasteiger partial charge on any atom is 0.132 e. The van der Waals surface area contributed by atoms with Gasteiger partial charge in [0, 0.05) is 25.6 Å². The minimum Gasteiger partial charge on any atom is -0.345 e. The molecule has 0 aliphatic carbocycles. The van der Waals surface area contributed by atoms with Gasteiger partial charge >= 0.3 is 0 Å². The summed E-state index contributed by atoms with van der Waals surface area (Å²) in [7, 11) is 4.00. The van der Waals surface area contributed by atoms with Gasteiger partial charge in [0.2, 0.25) is 0 Å². The molecule has 0 radical (unpaired) electrons. The first-order valence-electron chi connectivity index (χ1n) is 6.50. The topological polar surface area (TPSA) is 58.5 Å². The van der Waals surface area contributed by atoms with Crippen LogP contribution >= 0.6 is 15.9 Å². The molecule has 0 saturated heterocycles. The number of aromatic amines is 1. The number of aromatic nitrogens is 4. The molecule has 0 atom stereocenters. The van der Waals surface area contributed by atoms with E-state index in [1.165, 1.54) is 0 Å². The first-order chi connectivity index (χ1) is 9.70. The second-order valence-corrected chi connectivity index (χ2v) is 5.47. The van der Waals surface area contributed by atoms with Crippen LogP contribution in [0.1, 0.15) is 5.82 Å². The molecule has 3 rings (SSSR count). The fourth-order valence-corrected chi connectivity index (χ4v) is 3.06. The van der Waals surface area contributed by atoms with E-state index in [0.717, 1.165) is 45.7 Å². The van der Waals surface area contributed by atoms with Crippen LogP contribution in [0.25, 0.3) is 22.3 Å². The molecule has 1 aromatic carbocycles. The lowest BCUT2D eigenvalue weighted by atomic mass is 10.1. The van der Waals surface area contributed by atoms with Crippen LogP contribution in [0.4, 0.5) is 0 Å². The zero-order valence-electron chi connectivity index (χ0n) is 11.4. The number of hydrogen-bond acceptors (Lipinski definition) is 3. The molecule has 5 nitrogen and oxygen atoms in total. The van der Waals surface area contributed by atoms with E-state index in [-0.39, 0.29) is 0 Å². The predicted molar refractivity (Wildman–Crippen MR) is 83.6 cm³/mol. The summed E-state index contributed by atoms with van der Waals surface area (Å²) in [4.78, 5) is 12.0. The van der Waals surface area contributed by atoms with Gasteiger partial charge in [0.05, 0.1) is 23.1 Å². The van der Waals surface area contributed by atoms with Crippen molar-refractivity contribution in [3.8, 4) is 11.3 Å². The van der Waals surface area contributed by atoms with Crippen molar-refractivity contribution in [2.75, 3.05) is 13.6 Å². The fraction of sp³-hybridized carbons (Fsp3) is 0.286. The Balaban J connectivity index is 2.06. The molecule has 3 aromatic rings. The number of benzene rings is 1. The normalized spacial score (nSPS) is 11.3. The molecule has 0 spiro atoms. The van der Waals surface area contributed by atoms with Crippen LogP contribution < -0.4 is 5.32 Å². The van der Waals surface area contributed by atoms with Crippen molar-refractivity contribution in [1.82, 2.24) is 24.8 Å². The molecule has 6 heteroatoms. The van der Waals surface area contributed by atoms with Gasteiger partial charge in [0.15, 0.2) is 0 Å². The molecule has 0 saturated carbocycles. The molecule has 2 heterocycles. The third kappa shape index (κ3) is 2.25. The Morgan fingerprint density at radius 3 is 3.05 bits per heavy atom. The molecule has 0 unspecified atom stereocenters. The van der Waals surface area contributed by atoms with E-state index in [1.54, 1.807) is 6.33 Å². The lowest BCUT2D eigenvalue weighted by Gasteiger charge is -2.06. The number of H-pyrrole nitrogens is 1. The highest BCUT2D eigenvalue weighted by Crippen LogP contribution is 2.30. The van der Waals surface area contributed by atoms with Gasteiger partial charge < -0.3 is 14.9 Å². The summed E-state index contributed by atoms with van der Waals surface area (Å²) in [5.74, 6) is 1.06. The maximum atomic E-state index is 4.61. The van der Waals surface area contributed by atoms with Crippen molar-refractivity contribution in [3.05, 3.63) is 35.0 Å². The standard InChI is InChI=1S/C14H16BrN5/c1-16-6-5-12-19-14(15)13(20(12)2)9-3-4-10-11(7-9)18-8-17-10/h3-4,7-8,16H,5-6H2,1-2H3,(H,17,18). The van der Waals surface area contributed by atoms with Crippen LogP contribution in [-0.2, 0) is 13.5 Å². The zero-order valence-corrected chi connectivity index (χ0v) is 13.0. The smallest absolute Gasteiger partial charge is 0.132 e. The Labute approximate surface area is 125 Å². The molecule has 0 aliphatic rings. The van der Waals surface area contributed by atoms with E-state index in [1.807, 2.05) is 13.1 Å². The number of rotatable bonds is 4. The summed E-state index contributed by atoms with van der Waals surface area (Å²) >= 11 is 3.57. The second-order valence-electron chi connectivity index (χ2n) is 4.71. The van der Waals surface area contributed by atoms with Crippen molar-refractivity contribution in [2.45, 2.75) is 6.42 Å². The first kappa shape index (κ1) is 13.3. The van der Waals surface area contributed by atoms with Gasteiger partial charge in [0.25, 0.3) is 0 Å². The molecule has 104 valence electrons. The molecule has 2 aromatic heterocycles. The van der Waals surface area contributed by atoms with Crippen LogP contribution in [-0.4, -0.2) is 33.1 Å². The highest BCUT2D eigenvalue weighted by molar-refractivity contribution is 9.10. The highest BCUT2D eigenvalue weighted by Gasteiger charge is 2.14. The van der Waals surface area contributed by atoms with E-state index in [2.05, 4.69) is 59.9 Å². The maximum absolute atomic E-state index is 4.61. The van der Waals surface area contributed by atoms with Crippen molar-refractivity contribution in [1.29, 1.82) is 0 Å². The zero-order chi connectivity index (χ0) is 14.1. The lowest BCUT2D eigenvalue weighted by molar-refractivity contribution is 0.720. The minimum atomic E-state index is 0.880. The van der Waals surface area contributed by atoms with E-state index in [9.17, 15) is 0 Å². The molecule has 0 fully saturated rings. The highest BCUT2D eigenvalue weighted by atomic mass is 79.9. The van der Waals surface area contributed by atoms with Gasteiger partial charge in [-0.3, -0.25) is 0 Å². The molecule has 2 N–H and O–H groups in total. The van der Waals surface area contributed by atoms with Gasteiger partial charge in [-0.05, 0) is 35.1 Å². The fourth-order valence-electron chi connectivity index (χ4n) is 2.36. The Kier molecular flexibility index (Phi) is 3.58. The van der Waals surface area contributed by atoms with Crippen LogP contribution in [0.2, 0.25) is 0 Å². The molecular formula is C14H16BrN5. The average Bonchev–Trinajstić information content (AvgIpc) is 3.00. The van der Waals surface area contributed by atoms with Crippen LogP contribution in [0.3, 0.4) is 0 Å². The summed E-state index contributed by atoms with van der Waals surface area (Å²) in [5, 5.41) is 3.15. The number of halogens is 1. The largest absolute Gasteiger partial charge is 0.345 e. The van der Waals surface area contributed by atoms with Gasteiger partial charge in [-0.1, -0.05) is 6.07 Å². The van der Waals surface area contributed by atoms with Gasteiger partial charge in [-0.25, -0.2) is 9.97 Å². The SMILES string of the molecule is CNCCc1nc(Br)c(-c2ccc3nc[nH]c3c2)n1C. The summed E-state index contributed by atoms with van der Waals surface area (Å²) < 4.78 is 3.02. The molecule has 20 heavy (non-hydrogen) atoms. The van der Waals surface area contributed by atoms with Crippen molar-refractivity contribution < 1.29 is 0 Å². The minimum absolute atomic E-state index is 0.880. The third-order valence-corrected chi connectivity index (χ3v) is 3.99. The predicted octanol–water partition coefficient (Wildman–Crippen LogP) is 2.49. The van der Waals surface area contributed by atoms with Crippen LogP contribution in [0.15, 0.2) is 29.1 Å². The number of fused-ring (bicyclic) bond motifs is 1. The van der Waals surface area contributed by atoms with E-state index in [4.69, 9.17) is 0 Å². The van der Waals surface area contributed by atoms with Gasteiger partial charge in [-0.15, -0.1) is 0 Å².